The zero-order valence-corrected chi connectivity index (χ0v) is 9.63. The van der Waals surface area contributed by atoms with E-state index in [1.54, 1.807) is 0 Å². The van der Waals surface area contributed by atoms with Gasteiger partial charge in [0.1, 0.15) is 0 Å². The highest BCUT2D eigenvalue weighted by Gasteiger charge is 2.12. The molecule has 0 aliphatic heterocycles. The number of carbonyl (C=O) groups excluding carboxylic acids is 2. The van der Waals surface area contributed by atoms with Crippen LogP contribution in [0.5, 0.6) is 0 Å². The third-order valence-corrected chi connectivity index (χ3v) is 1.47. The van der Waals surface area contributed by atoms with Crippen LogP contribution >= 0.6 is 0 Å². The fourth-order valence-electron chi connectivity index (χ4n) is 0.945. The highest BCUT2D eigenvalue weighted by Crippen LogP contribution is 2.00. The first-order valence-corrected chi connectivity index (χ1v) is 4.95. The monoisotopic (exact) mass is 213 g/mol. The van der Waals surface area contributed by atoms with Gasteiger partial charge in [-0.3, -0.25) is 4.79 Å². The Kier molecular flexibility index (Phi) is 5.67. The van der Waals surface area contributed by atoms with Crippen LogP contribution in [0.3, 0.4) is 0 Å². The normalized spacial score (nSPS) is 10.6. The third-order valence-electron chi connectivity index (χ3n) is 1.47. The van der Waals surface area contributed by atoms with E-state index in [-0.39, 0.29) is 18.1 Å². The van der Waals surface area contributed by atoms with E-state index in [1.165, 1.54) is 0 Å². The first-order chi connectivity index (χ1) is 6.85. The molecule has 0 radical (unpaired) electrons. The second-order valence-electron chi connectivity index (χ2n) is 4.27. The Balaban J connectivity index is 3.56. The summed E-state index contributed by atoms with van der Waals surface area (Å²) in [6.45, 7) is 9.28. The summed E-state index contributed by atoms with van der Waals surface area (Å²) in [5.74, 6) is -0.483. The molecule has 0 aromatic rings. The van der Waals surface area contributed by atoms with Gasteiger partial charge in [-0.15, -0.1) is 0 Å². The Bertz CT molecular complexity index is 241. The molecule has 0 aromatic carbocycles. The molecule has 4 nitrogen and oxygen atoms in total. The van der Waals surface area contributed by atoms with Crippen molar-refractivity contribution in [1.82, 2.24) is 5.32 Å². The van der Waals surface area contributed by atoms with Gasteiger partial charge in [-0.05, 0) is 27.2 Å². The molecular formula is C11H19NO3. The minimum atomic E-state index is -0.453. The molecule has 0 saturated heterocycles. The Morgan fingerprint density at radius 3 is 2.47 bits per heavy atom. The number of amides is 1. The molecule has 0 heterocycles. The number of nitrogens with one attached hydrogen (secondary N) is 1. The maximum atomic E-state index is 11.3. The zero-order chi connectivity index (χ0) is 11.9. The zero-order valence-electron chi connectivity index (χ0n) is 9.63. The first kappa shape index (κ1) is 13.7. The molecule has 0 spiro atoms. The second-order valence-corrected chi connectivity index (χ2v) is 4.27. The lowest BCUT2D eigenvalue weighted by atomic mass is 10.1. The molecule has 0 saturated carbocycles. The van der Waals surface area contributed by atoms with E-state index in [2.05, 4.69) is 11.9 Å². The van der Waals surface area contributed by atoms with Crippen molar-refractivity contribution in [2.45, 2.75) is 39.2 Å². The molecule has 0 unspecified atom stereocenters. The molecule has 1 N–H and O–H groups in total. The van der Waals surface area contributed by atoms with E-state index in [0.717, 1.165) is 6.08 Å². The van der Waals surface area contributed by atoms with E-state index < -0.39 is 5.97 Å². The molecule has 1 amide bonds. The average molecular weight is 213 g/mol. The lowest BCUT2D eigenvalue weighted by Crippen LogP contribution is -2.40. The van der Waals surface area contributed by atoms with Crippen molar-refractivity contribution in [2.75, 3.05) is 6.61 Å². The smallest absolute Gasteiger partial charge is 0.330 e. The molecule has 0 aliphatic rings. The van der Waals surface area contributed by atoms with E-state index in [9.17, 15) is 9.59 Å². The van der Waals surface area contributed by atoms with Crippen LogP contribution in [0.4, 0.5) is 0 Å². The van der Waals surface area contributed by atoms with Crippen molar-refractivity contribution in [3.8, 4) is 0 Å². The van der Waals surface area contributed by atoms with E-state index in [1.807, 2.05) is 20.8 Å². The van der Waals surface area contributed by atoms with Crippen molar-refractivity contribution < 1.29 is 14.3 Å². The van der Waals surface area contributed by atoms with Crippen molar-refractivity contribution in [1.29, 1.82) is 0 Å². The average Bonchev–Trinajstić information content (AvgIpc) is 2.09. The van der Waals surface area contributed by atoms with Crippen LogP contribution in [0.25, 0.3) is 0 Å². The fourth-order valence-corrected chi connectivity index (χ4v) is 0.945. The van der Waals surface area contributed by atoms with Gasteiger partial charge in [0, 0.05) is 18.0 Å². The van der Waals surface area contributed by atoms with Gasteiger partial charge < -0.3 is 10.1 Å². The number of rotatable bonds is 5. The van der Waals surface area contributed by atoms with Crippen LogP contribution in [0.15, 0.2) is 12.7 Å². The molecule has 4 heteroatoms. The summed E-state index contributed by atoms with van der Waals surface area (Å²) in [7, 11) is 0. The van der Waals surface area contributed by atoms with Crippen molar-refractivity contribution in [2.24, 2.45) is 0 Å². The van der Waals surface area contributed by atoms with Crippen LogP contribution in [-0.2, 0) is 14.3 Å². The van der Waals surface area contributed by atoms with Gasteiger partial charge in [0.15, 0.2) is 0 Å². The predicted octanol–water partition coefficient (Wildman–Crippen LogP) is 1.41. The first-order valence-electron chi connectivity index (χ1n) is 4.95. The van der Waals surface area contributed by atoms with Crippen molar-refractivity contribution >= 4 is 11.9 Å². The van der Waals surface area contributed by atoms with Crippen molar-refractivity contribution in [3.05, 3.63) is 12.7 Å². The summed E-state index contributed by atoms with van der Waals surface area (Å²) >= 11 is 0. The predicted molar refractivity (Wildman–Crippen MR) is 58.3 cm³/mol. The van der Waals surface area contributed by atoms with Crippen LogP contribution in [0.1, 0.15) is 33.6 Å². The molecule has 15 heavy (non-hydrogen) atoms. The van der Waals surface area contributed by atoms with Gasteiger partial charge in [-0.25, -0.2) is 4.79 Å². The summed E-state index contributed by atoms with van der Waals surface area (Å²) in [5, 5.41) is 2.82. The summed E-state index contributed by atoms with van der Waals surface area (Å²) < 4.78 is 4.73. The van der Waals surface area contributed by atoms with Gasteiger partial charge in [0.05, 0.1) is 6.61 Å². The van der Waals surface area contributed by atoms with Crippen LogP contribution < -0.4 is 5.32 Å². The summed E-state index contributed by atoms with van der Waals surface area (Å²) in [6, 6.07) is 0. The maximum Gasteiger partial charge on any atom is 0.330 e. The standard InChI is InChI=1S/C11H19NO3/c1-5-10(14)15-8-6-7-9(13)12-11(2,3)4/h5H,1,6-8H2,2-4H3,(H,12,13). The van der Waals surface area contributed by atoms with Crippen LogP contribution in [-0.4, -0.2) is 24.0 Å². The lowest BCUT2D eigenvalue weighted by Gasteiger charge is -2.20. The lowest BCUT2D eigenvalue weighted by molar-refractivity contribution is -0.138. The highest BCUT2D eigenvalue weighted by molar-refractivity contribution is 5.81. The van der Waals surface area contributed by atoms with Gasteiger partial charge in [0.2, 0.25) is 5.91 Å². The molecule has 0 atom stereocenters. The second kappa shape index (κ2) is 6.22. The minimum absolute atomic E-state index is 0.0304. The van der Waals surface area contributed by atoms with Crippen molar-refractivity contribution in [3.63, 3.8) is 0 Å². The molecule has 0 aliphatic carbocycles. The summed E-state index contributed by atoms with van der Waals surface area (Å²) in [6.07, 6.45) is 2.00. The van der Waals surface area contributed by atoms with E-state index >= 15 is 0 Å². The van der Waals surface area contributed by atoms with Gasteiger partial charge in [-0.2, -0.15) is 0 Å². The molecule has 86 valence electrons. The number of ether oxygens (including phenoxy) is 1. The molecule has 0 bridgehead atoms. The quantitative estimate of drug-likeness (QED) is 0.427. The van der Waals surface area contributed by atoms with Gasteiger partial charge >= 0.3 is 5.97 Å². The van der Waals surface area contributed by atoms with Gasteiger partial charge in [0.25, 0.3) is 0 Å². The fraction of sp³-hybridized carbons (Fsp3) is 0.636. The maximum absolute atomic E-state index is 11.3. The van der Waals surface area contributed by atoms with Gasteiger partial charge in [-0.1, -0.05) is 6.58 Å². The Morgan fingerprint density at radius 2 is 2.00 bits per heavy atom. The highest BCUT2D eigenvalue weighted by atomic mass is 16.5. The summed E-state index contributed by atoms with van der Waals surface area (Å²) in [5.41, 5.74) is -0.213. The Hall–Kier alpha value is -1.32. The van der Waals surface area contributed by atoms with Crippen LogP contribution in [0, 0.1) is 0 Å². The van der Waals surface area contributed by atoms with Crippen LogP contribution in [0.2, 0.25) is 0 Å². The molecule has 0 fully saturated rings. The number of esters is 1. The third kappa shape index (κ3) is 9.00. The molecule has 0 rings (SSSR count). The SMILES string of the molecule is C=CC(=O)OCCCC(=O)NC(C)(C)C. The number of hydrogen-bond acceptors (Lipinski definition) is 3. The largest absolute Gasteiger partial charge is 0.463 e. The topological polar surface area (TPSA) is 55.4 Å². The summed E-state index contributed by atoms with van der Waals surface area (Å²) in [4.78, 5) is 21.9. The molecular weight excluding hydrogens is 194 g/mol. The minimum Gasteiger partial charge on any atom is -0.463 e. The number of carbonyl (C=O) groups is 2. The number of hydrogen-bond donors (Lipinski definition) is 1. The van der Waals surface area contributed by atoms with E-state index in [4.69, 9.17) is 4.74 Å². The molecule has 0 aromatic heterocycles. The Morgan fingerprint density at radius 1 is 1.40 bits per heavy atom. The Labute approximate surface area is 90.7 Å². The van der Waals surface area contributed by atoms with E-state index in [0.29, 0.717) is 12.8 Å².